The van der Waals surface area contributed by atoms with E-state index in [2.05, 4.69) is 24.3 Å². The lowest BCUT2D eigenvalue weighted by molar-refractivity contribution is -0.138. The van der Waals surface area contributed by atoms with E-state index in [-0.39, 0.29) is 5.92 Å². The number of aryl methyl sites for hydroxylation is 1. The van der Waals surface area contributed by atoms with E-state index in [9.17, 15) is 4.79 Å². The van der Waals surface area contributed by atoms with E-state index in [1.54, 1.807) is 0 Å². The molecular formula is C23H26O3. The van der Waals surface area contributed by atoms with Crippen LogP contribution in [0.2, 0.25) is 0 Å². The maximum absolute atomic E-state index is 10.9. The zero-order valence-electron chi connectivity index (χ0n) is 15.0. The van der Waals surface area contributed by atoms with Crippen LogP contribution in [0.15, 0.2) is 54.6 Å². The molecular weight excluding hydrogens is 324 g/mol. The van der Waals surface area contributed by atoms with Gasteiger partial charge in [0.2, 0.25) is 0 Å². The van der Waals surface area contributed by atoms with Crippen molar-refractivity contribution in [3.8, 4) is 5.75 Å². The molecule has 0 aromatic heterocycles. The Kier molecular flexibility index (Phi) is 4.96. The van der Waals surface area contributed by atoms with Crippen LogP contribution in [0.5, 0.6) is 5.75 Å². The molecule has 0 amide bonds. The summed E-state index contributed by atoms with van der Waals surface area (Å²) < 4.78 is 6.10. The number of carboxylic acid groups (broad SMARTS) is 1. The third kappa shape index (κ3) is 4.09. The number of para-hydroxylation sites is 1. The van der Waals surface area contributed by atoms with Crippen LogP contribution in [0.25, 0.3) is 0 Å². The highest BCUT2D eigenvalue weighted by molar-refractivity contribution is 5.73. The Hall–Kier alpha value is -2.29. The lowest BCUT2D eigenvalue weighted by Gasteiger charge is -2.14. The number of carbonyl (C=O) groups is 1. The van der Waals surface area contributed by atoms with Crippen LogP contribution in [-0.4, -0.2) is 17.2 Å². The number of hydrogen-bond donors (Lipinski definition) is 1. The van der Waals surface area contributed by atoms with E-state index >= 15 is 0 Å². The van der Waals surface area contributed by atoms with E-state index in [0.29, 0.717) is 17.9 Å². The molecule has 2 aromatic rings. The molecule has 4 rings (SSSR count). The maximum atomic E-state index is 10.9. The molecule has 136 valence electrons. The predicted octanol–water partition coefficient (Wildman–Crippen LogP) is 5.06. The van der Waals surface area contributed by atoms with Gasteiger partial charge in [0, 0.05) is 0 Å². The molecule has 0 saturated heterocycles. The van der Waals surface area contributed by atoms with Gasteiger partial charge in [-0.3, -0.25) is 4.79 Å². The van der Waals surface area contributed by atoms with Crippen molar-refractivity contribution in [2.24, 2.45) is 11.8 Å². The highest BCUT2D eigenvalue weighted by Crippen LogP contribution is 2.42. The largest absolute Gasteiger partial charge is 0.490 e. The van der Waals surface area contributed by atoms with E-state index in [1.807, 2.05) is 30.3 Å². The van der Waals surface area contributed by atoms with E-state index < -0.39 is 5.97 Å². The molecule has 3 heteroatoms. The van der Waals surface area contributed by atoms with Crippen LogP contribution in [0.1, 0.15) is 49.1 Å². The Morgan fingerprint density at radius 2 is 1.77 bits per heavy atom. The number of rotatable bonds is 7. The standard InChI is InChI=1S/C23H26O3/c24-23(25)22-15-19(22)11-8-16-6-9-17(10-7-16)18-12-13-21(14-18)26-20-4-2-1-3-5-20/h1-7,9-10,18-19,21-22H,8,11-15H2,(H,24,25)/t18?,19-,21+,22-/m0/s1. The average molecular weight is 350 g/mol. The van der Waals surface area contributed by atoms with Crippen molar-refractivity contribution >= 4 is 5.97 Å². The summed E-state index contributed by atoms with van der Waals surface area (Å²) in [4.78, 5) is 10.9. The average Bonchev–Trinajstić information content (AvgIpc) is 3.31. The minimum absolute atomic E-state index is 0.0886. The van der Waals surface area contributed by atoms with Gasteiger partial charge in [-0.15, -0.1) is 0 Å². The van der Waals surface area contributed by atoms with Crippen molar-refractivity contribution in [2.75, 3.05) is 0 Å². The summed E-state index contributed by atoms with van der Waals surface area (Å²) in [5.74, 6) is 1.22. The summed E-state index contributed by atoms with van der Waals surface area (Å²) in [6.07, 6.45) is 6.52. The molecule has 2 aliphatic rings. The van der Waals surface area contributed by atoms with Gasteiger partial charge in [-0.25, -0.2) is 0 Å². The second kappa shape index (κ2) is 7.53. The van der Waals surface area contributed by atoms with Crippen LogP contribution in [0.3, 0.4) is 0 Å². The number of aliphatic carboxylic acids is 1. The SMILES string of the molecule is O=C(O)[C@H]1C[C@@H]1CCc1ccc(C2CC[C@@H](Oc3ccccc3)C2)cc1. The molecule has 26 heavy (non-hydrogen) atoms. The first kappa shape index (κ1) is 17.1. The van der Waals surface area contributed by atoms with Gasteiger partial charge in [-0.1, -0.05) is 42.5 Å². The Morgan fingerprint density at radius 1 is 1.00 bits per heavy atom. The van der Waals surface area contributed by atoms with Crippen molar-refractivity contribution in [2.45, 2.75) is 50.5 Å². The molecule has 4 atom stereocenters. The summed E-state index contributed by atoms with van der Waals surface area (Å²) in [6.45, 7) is 0. The minimum Gasteiger partial charge on any atom is -0.490 e. The zero-order valence-corrected chi connectivity index (χ0v) is 15.0. The summed E-state index contributed by atoms with van der Waals surface area (Å²) in [5, 5.41) is 8.98. The van der Waals surface area contributed by atoms with Crippen LogP contribution < -0.4 is 4.74 Å². The third-order valence-corrected chi connectivity index (χ3v) is 5.93. The Labute approximate surface area is 155 Å². The lowest BCUT2D eigenvalue weighted by atomic mass is 9.95. The van der Waals surface area contributed by atoms with Gasteiger partial charge >= 0.3 is 5.97 Å². The van der Waals surface area contributed by atoms with Gasteiger partial charge in [0.15, 0.2) is 0 Å². The Bertz CT molecular complexity index is 738. The van der Waals surface area contributed by atoms with Crippen molar-refractivity contribution in [3.63, 3.8) is 0 Å². The number of carboxylic acids is 1. The van der Waals surface area contributed by atoms with Gasteiger partial charge in [0.05, 0.1) is 12.0 Å². The summed E-state index contributed by atoms with van der Waals surface area (Å²) in [7, 11) is 0. The topological polar surface area (TPSA) is 46.5 Å². The smallest absolute Gasteiger partial charge is 0.306 e. The molecule has 1 unspecified atom stereocenters. The molecule has 0 bridgehead atoms. The van der Waals surface area contributed by atoms with Gasteiger partial charge in [0.25, 0.3) is 0 Å². The normalized spacial score (nSPS) is 27.2. The molecule has 2 saturated carbocycles. The van der Waals surface area contributed by atoms with Crippen LogP contribution in [0, 0.1) is 11.8 Å². The predicted molar refractivity (Wildman–Crippen MR) is 101 cm³/mol. The van der Waals surface area contributed by atoms with Gasteiger partial charge < -0.3 is 9.84 Å². The molecule has 0 heterocycles. The Morgan fingerprint density at radius 3 is 2.46 bits per heavy atom. The van der Waals surface area contributed by atoms with Gasteiger partial charge in [-0.05, 0) is 73.6 Å². The van der Waals surface area contributed by atoms with Gasteiger partial charge in [-0.2, -0.15) is 0 Å². The quantitative estimate of drug-likeness (QED) is 0.759. The molecule has 0 aliphatic heterocycles. The lowest BCUT2D eigenvalue weighted by Crippen LogP contribution is -2.11. The van der Waals surface area contributed by atoms with Crippen molar-refractivity contribution in [1.29, 1.82) is 0 Å². The molecule has 0 radical (unpaired) electrons. The van der Waals surface area contributed by atoms with Crippen molar-refractivity contribution in [1.82, 2.24) is 0 Å². The summed E-state index contributed by atoms with van der Waals surface area (Å²) >= 11 is 0. The monoisotopic (exact) mass is 350 g/mol. The van der Waals surface area contributed by atoms with Crippen molar-refractivity contribution < 1.29 is 14.6 Å². The number of ether oxygens (including phenoxy) is 1. The van der Waals surface area contributed by atoms with E-state index in [0.717, 1.165) is 37.9 Å². The first-order valence-electron chi connectivity index (χ1n) is 9.72. The number of benzene rings is 2. The van der Waals surface area contributed by atoms with Crippen LogP contribution >= 0.6 is 0 Å². The molecule has 0 spiro atoms. The molecule has 2 fully saturated rings. The second-order valence-corrected chi connectivity index (χ2v) is 7.78. The Balaban J connectivity index is 1.27. The second-order valence-electron chi connectivity index (χ2n) is 7.78. The molecule has 2 aliphatic carbocycles. The zero-order chi connectivity index (χ0) is 17.9. The fourth-order valence-electron chi connectivity index (χ4n) is 4.22. The molecule has 2 aromatic carbocycles. The van der Waals surface area contributed by atoms with E-state index in [4.69, 9.17) is 9.84 Å². The molecule has 3 nitrogen and oxygen atoms in total. The molecule has 1 N–H and O–H groups in total. The van der Waals surface area contributed by atoms with Crippen LogP contribution in [-0.2, 0) is 11.2 Å². The maximum Gasteiger partial charge on any atom is 0.306 e. The highest BCUT2D eigenvalue weighted by Gasteiger charge is 2.42. The third-order valence-electron chi connectivity index (χ3n) is 5.93. The fraction of sp³-hybridized carbons (Fsp3) is 0.435. The number of hydrogen-bond acceptors (Lipinski definition) is 2. The minimum atomic E-state index is -0.626. The summed E-state index contributed by atoms with van der Waals surface area (Å²) in [5.41, 5.74) is 2.72. The van der Waals surface area contributed by atoms with E-state index in [1.165, 1.54) is 17.5 Å². The first-order valence-corrected chi connectivity index (χ1v) is 9.72. The fourth-order valence-corrected chi connectivity index (χ4v) is 4.22. The highest BCUT2D eigenvalue weighted by atomic mass is 16.5. The van der Waals surface area contributed by atoms with Crippen LogP contribution in [0.4, 0.5) is 0 Å². The van der Waals surface area contributed by atoms with Crippen molar-refractivity contribution in [3.05, 3.63) is 65.7 Å². The summed E-state index contributed by atoms with van der Waals surface area (Å²) in [6, 6.07) is 19.0. The van der Waals surface area contributed by atoms with Gasteiger partial charge in [0.1, 0.15) is 5.75 Å². The first-order chi connectivity index (χ1) is 12.7.